The van der Waals surface area contributed by atoms with E-state index < -0.39 is 0 Å². The Balaban J connectivity index is 2.53. The molecular weight excluding hydrogens is 193 g/mol. The number of aromatic nitrogens is 1. The van der Waals surface area contributed by atoms with E-state index in [4.69, 9.17) is 23.2 Å². The van der Waals surface area contributed by atoms with Crippen molar-refractivity contribution >= 4 is 29.3 Å². The van der Waals surface area contributed by atoms with Crippen LogP contribution >= 0.6 is 23.2 Å². The number of hydrogen-bond acceptors (Lipinski definition) is 1. The maximum atomic E-state index is 5.96. The number of allylic oxidation sites excluding steroid dienone is 1. The van der Waals surface area contributed by atoms with Gasteiger partial charge in [-0.15, -0.1) is 11.6 Å². The van der Waals surface area contributed by atoms with E-state index >= 15 is 0 Å². The van der Waals surface area contributed by atoms with Crippen LogP contribution in [0, 0.1) is 0 Å². The molecule has 0 N–H and O–H groups in total. The maximum absolute atomic E-state index is 5.96. The van der Waals surface area contributed by atoms with E-state index in [1.807, 2.05) is 12.2 Å². The van der Waals surface area contributed by atoms with Crippen molar-refractivity contribution in [1.82, 2.24) is 4.98 Å². The van der Waals surface area contributed by atoms with Gasteiger partial charge in [0.2, 0.25) is 0 Å². The molecule has 1 aliphatic carbocycles. The highest BCUT2D eigenvalue weighted by Gasteiger charge is 2.13. The predicted molar refractivity (Wildman–Crippen MR) is 51.6 cm³/mol. The SMILES string of the molecule is Clc1ccnc2c1C=CC(Cl)C2. The van der Waals surface area contributed by atoms with Crippen molar-refractivity contribution in [3.8, 4) is 0 Å². The molecule has 12 heavy (non-hydrogen) atoms. The number of alkyl halides is 1. The fourth-order valence-electron chi connectivity index (χ4n) is 1.28. The van der Waals surface area contributed by atoms with Crippen LogP contribution in [0.4, 0.5) is 0 Å². The topological polar surface area (TPSA) is 12.9 Å². The van der Waals surface area contributed by atoms with Crippen LogP contribution in [0.2, 0.25) is 5.02 Å². The smallest absolute Gasteiger partial charge is 0.0574 e. The molecule has 0 radical (unpaired) electrons. The minimum atomic E-state index is 0.0588. The Morgan fingerprint density at radius 1 is 1.50 bits per heavy atom. The van der Waals surface area contributed by atoms with Crippen molar-refractivity contribution in [1.29, 1.82) is 0 Å². The lowest BCUT2D eigenvalue weighted by atomic mass is 10.0. The summed E-state index contributed by atoms with van der Waals surface area (Å²) < 4.78 is 0. The van der Waals surface area contributed by atoms with Crippen LogP contribution in [0.5, 0.6) is 0 Å². The van der Waals surface area contributed by atoms with Gasteiger partial charge in [0, 0.05) is 18.2 Å². The van der Waals surface area contributed by atoms with Crippen LogP contribution < -0.4 is 0 Å². The van der Waals surface area contributed by atoms with Crippen LogP contribution in [-0.4, -0.2) is 10.4 Å². The maximum Gasteiger partial charge on any atom is 0.0574 e. The molecule has 0 aliphatic heterocycles. The molecule has 0 saturated heterocycles. The Morgan fingerprint density at radius 2 is 2.33 bits per heavy atom. The van der Waals surface area contributed by atoms with Gasteiger partial charge in [-0.05, 0) is 6.07 Å². The molecule has 1 heterocycles. The van der Waals surface area contributed by atoms with E-state index in [0.29, 0.717) is 0 Å². The summed E-state index contributed by atoms with van der Waals surface area (Å²) >= 11 is 11.9. The highest BCUT2D eigenvalue weighted by molar-refractivity contribution is 6.32. The molecule has 3 heteroatoms. The molecule has 1 unspecified atom stereocenters. The predicted octanol–water partition coefficient (Wildman–Crippen LogP) is 2.91. The summed E-state index contributed by atoms with van der Waals surface area (Å²) in [6, 6.07) is 1.79. The van der Waals surface area contributed by atoms with Crippen molar-refractivity contribution in [2.75, 3.05) is 0 Å². The Bertz CT molecular complexity index is 333. The molecule has 0 spiro atoms. The van der Waals surface area contributed by atoms with E-state index in [2.05, 4.69) is 4.98 Å². The van der Waals surface area contributed by atoms with Crippen molar-refractivity contribution < 1.29 is 0 Å². The first-order valence-electron chi connectivity index (χ1n) is 3.73. The van der Waals surface area contributed by atoms with Crippen LogP contribution in [0.25, 0.3) is 6.08 Å². The molecule has 0 amide bonds. The van der Waals surface area contributed by atoms with Gasteiger partial charge in [0.25, 0.3) is 0 Å². The second-order valence-electron chi connectivity index (χ2n) is 2.73. The van der Waals surface area contributed by atoms with Gasteiger partial charge >= 0.3 is 0 Å². The normalized spacial score (nSPS) is 20.7. The van der Waals surface area contributed by atoms with Gasteiger partial charge in [-0.3, -0.25) is 4.98 Å². The summed E-state index contributed by atoms with van der Waals surface area (Å²) in [5.74, 6) is 0. The summed E-state index contributed by atoms with van der Waals surface area (Å²) in [6.07, 6.45) is 6.36. The molecule has 1 atom stereocenters. The molecule has 1 nitrogen and oxygen atoms in total. The highest BCUT2D eigenvalue weighted by Crippen LogP contribution is 2.26. The van der Waals surface area contributed by atoms with Gasteiger partial charge in [-0.2, -0.15) is 0 Å². The zero-order valence-corrected chi connectivity index (χ0v) is 7.81. The average Bonchev–Trinajstić information content (AvgIpc) is 2.04. The molecule has 62 valence electrons. The minimum absolute atomic E-state index is 0.0588. The number of pyridine rings is 1. The largest absolute Gasteiger partial charge is 0.261 e. The van der Waals surface area contributed by atoms with Crippen molar-refractivity contribution in [2.45, 2.75) is 11.8 Å². The molecule has 1 aliphatic rings. The zero-order valence-electron chi connectivity index (χ0n) is 6.30. The van der Waals surface area contributed by atoms with Gasteiger partial charge in [-0.25, -0.2) is 0 Å². The van der Waals surface area contributed by atoms with Crippen LogP contribution in [0.15, 0.2) is 18.3 Å². The van der Waals surface area contributed by atoms with E-state index in [1.165, 1.54) is 0 Å². The highest BCUT2D eigenvalue weighted by atomic mass is 35.5. The molecule has 0 saturated carbocycles. The number of nitrogens with zero attached hydrogens (tertiary/aromatic N) is 1. The number of halogens is 2. The van der Waals surface area contributed by atoms with Gasteiger partial charge in [-0.1, -0.05) is 23.8 Å². The third-order valence-electron chi connectivity index (χ3n) is 1.88. The number of fused-ring (bicyclic) bond motifs is 1. The summed E-state index contributed by atoms with van der Waals surface area (Å²) in [4.78, 5) is 4.21. The van der Waals surface area contributed by atoms with Crippen molar-refractivity contribution in [3.63, 3.8) is 0 Å². The summed E-state index contributed by atoms with van der Waals surface area (Å²) in [7, 11) is 0. The van der Waals surface area contributed by atoms with Gasteiger partial charge in [0.15, 0.2) is 0 Å². The second-order valence-corrected chi connectivity index (χ2v) is 3.70. The molecule has 0 fully saturated rings. The number of hydrogen-bond donors (Lipinski definition) is 0. The fraction of sp³-hybridized carbons (Fsp3) is 0.222. The zero-order chi connectivity index (χ0) is 8.55. The molecule has 1 aromatic rings. The van der Waals surface area contributed by atoms with Crippen molar-refractivity contribution in [3.05, 3.63) is 34.6 Å². The quantitative estimate of drug-likeness (QED) is 0.586. The Kier molecular flexibility index (Phi) is 2.07. The van der Waals surface area contributed by atoms with Crippen LogP contribution in [0.3, 0.4) is 0 Å². The van der Waals surface area contributed by atoms with Crippen molar-refractivity contribution in [2.24, 2.45) is 0 Å². The van der Waals surface area contributed by atoms with E-state index in [0.717, 1.165) is 22.7 Å². The monoisotopic (exact) mass is 199 g/mol. The molecule has 2 rings (SSSR count). The van der Waals surface area contributed by atoms with Gasteiger partial charge < -0.3 is 0 Å². The Hall–Kier alpha value is -0.530. The lowest BCUT2D eigenvalue weighted by Gasteiger charge is -2.13. The molecule has 1 aromatic heterocycles. The van der Waals surface area contributed by atoms with Gasteiger partial charge in [0.05, 0.1) is 16.1 Å². The summed E-state index contributed by atoms with van der Waals surface area (Å²) in [5.41, 5.74) is 2.00. The second kappa shape index (κ2) is 3.08. The Morgan fingerprint density at radius 3 is 3.17 bits per heavy atom. The van der Waals surface area contributed by atoms with Crippen LogP contribution in [0.1, 0.15) is 11.3 Å². The van der Waals surface area contributed by atoms with Gasteiger partial charge in [0.1, 0.15) is 0 Å². The molecule has 0 aromatic carbocycles. The lowest BCUT2D eigenvalue weighted by Crippen LogP contribution is -2.08. The summed E-state index contributed by atoms with van der Waals surface area (Å²) in [5, 5.41) is 0.809. The minimum Gasteiger partial charge on any atom is -0.261 e. The fourth-order valence-corrected chi connectivity index (χ4v) is 1.73. The molecular formula is C9H7Cl2N. The van der Waals surface area contributed by atoms with E-state index in [1.54, 1.807) is 12.3 Å². The van der Waals surface area contributed by atoms with E-state index in [9.17, 15) is 0 Å². The number of rotatable bonds is 0. The summed E-state index contributed by atoms with van der Waals surface area (Å²) in [6.45, 7) is 0. The standard InChI is InChI=1S/C9H7Cl2N/c10-6-1-2-7-8(11)3-4-12-9(7)5-6/h1-4,6H,5H2. The van der Waals surface area contributed by atoms with Crippen LogP contribution in [-0.2, 0) is 6.42 Å². The lowest BCUT2D eigenvalue weighted by molar-refractivity contribution is 0.934. The third-order valence-corrected chi connectivity index (χ3v) is 2.51. The average molecular weight is 200 g/mol. The third kappa shape index (κ3) is 1.35. The molecule has 0 bridgehead atoms. The first kappa shape index (κ1) is 8.09. The Labute approximate surface area is 81.0 Å². The first-order chi connectivity index (χ1) is 5.77. The van der Waals surface area contributed by atoms with E-state index in [-0.39, 0.29) is 5.38 Å². The first-order valence-corrected chi connectivity index (χ1v) is 4.54.